The molecule has 124 valence electrons. The van der Waals surface area contributed by atoms with Gasteiger partial charge in [0.2, 0.25) is 0 Å². The molecule has 0 saturated carbocycles. The summed E-state index contributed by atoms with van der Waals surface area (Å²) < 4.78 is 10.9. The average Bonchev–Trinajstić information content (AvgIpc) is 2.56. The molecule has 0 aliphatic heterocycles. The minimum atomic E-state index is -0.183. The summed E-state index contributed by atoms with van der Waals surface area (Å²) in [7, 11) is 0. The van der Waals surface area contributed by atoms with Crippen molar-refractivity contribution in [3.8, 4) is 0 Å². The highest BCUT2D eigenvalue weighted by atomic mass is 16.6. The van der Waals surface area contributed by atoms with Gasteiger partial charge in [-0.05, 0) is 25.1 Å². The Hall–Kier alpha value is -1.39. The zero-order valence-electron chi connectivity index (χ0n) is 14.1. The van der Waals surface area contributed by atoms with E-state index >= 15 is 0 Å². The molecule has 1 atom stereocenters. The first-order valence-corrected chi connectivity index (χ1v) is 8.24. The van der Waals surface area contributed by atoms with Crippen LogP contribution in [0.25, 0.3) is 0 Å². The number of hydrogen-bond acceptors (Lipinski definition) is 4. The van der Waals surface area contributed by atoms with E-state index in [1.165, 1.54) is 0 Å². The Bertz CT molecular complexity index is 404. The predicted molar refractivity (Wildman–Crippen MR) is 89.0 cm³/mol. The Balaban J connectivity index is 2.22. The fraction of sp³-hybridized carbons (Fsp3) is 0.611. The summed E-state index contributed by atoms with van der Waals surface area (Å²) in [6.07, 6.45) is 0.742. The molecule has 0 saturated heterocycles. The van der Waals surface area contributed by atoms with Crippen LogP contribution in [0.4, 0.5) is 0 Å². The van der Waals surface area contributed by atoms with E-state index in [4.69, 9.17) is 9.47 Å². The number of nitrogens with zero attached hydrogens (tertiary/aromatic N) is 1. The van der Waals surface area contributed by atoms with Crippen LogP contribution in [0.2, 0.25) is 0 Å². The van der Waals surface area contributed by atoms with E-state index in [2.05, 4.69) is 18.7 Å². The van der Waals surface area contributed by atoms with Crippen molar-refractivity contribution in [1.29, 1.82) is 0 Å². The highest BCUT2D eigenvalue weighted by Crippen LogP contribution is 2.20. The zero-order chi connectivity index (χ0) is 16.2. The molecule has 0 aliphatic rings. The van der Waals surface area contributed by atoms with Gasteiger partial charge in [-0.2, -0.15) is 0 Å². The Kier molecular flexibility index (Phi) is 9.51. The van der Waals surface area contributed by atoms with Crippen molar-refractivity contribution >= 4 is 5.97 Å². The van der Waals surface area contributed by atoms with Crippen molar-refractivity contribution < 1.29 is 14.3 Å². The van der Waals surface area contributed by atoms with E-state index in [0.717, 1.165) is 31.6 Å². The predicted octanol–water partition coefficient (Wildman–Crippen LogP) is 3.08. The molecule has 0 spiro atoms. The number of likely N-dealkylation sites (N-methyl/N-ethyl adjacent to an activating group) is 1. The highest BCUT2D eigenvalue weighted by molar-refractivity contribution is 5.78. The van der Waals surface area contributed by atoms with Gasteiger partial charge in [0.15, 0.2) is 0 Å². The quantitative estimate of drug-likeness (QED) is 0.465. The van der Waals surface area contributed by atoms with Gasteiger partial charge in [-0.3, -0.25) is 4.79 Å². The lowest BCUT2D eigenvalue weighted by atomic mass is 9.97. The van der Waals surface area contributed by atoms with Crippen LogP contribution in [0, 0.1) is 0 Å². The summed E-state index contributed by atoms with van der Waals surface area (Å²) in [6.45, 7) is 10.7. The number of rotatable bonds is 11. The van der Waals surface area contributed by atoms with Gasteiger partial charge < -0.3 is 14.4 Å². The van der Waals surface area contributed by atoms with Crippen LogP contribution in [-0.2, 0) is 14.3 Å². The number of carbonyl (C=O) groups is 1. The fourth-order valence-electron chi connectivity index (χ4n) is 2.36. The van der Waals surface area contributed by atoms with Crippen molar-refractivity contribution in [3.05, 3.63) is 35.9 Å². The van der Waals surface area contributed by atoms with Crippen molar-refractivity contribution in [2.45, 2.75) is 33.1 Å². The second-order valence-corrected chi connectivity index (χ2v) is 5.18. The number of esters is 1. The smallest absolute Gasteiger partial charge is 0.313 e. The standard InChI is InChI=1S/C18H29NO3/c1-4-17(16-10-8-7-9-11-16)18(20)22-15-14-21-13-12-19(5-2)6-3/h7-11,17H,4-6,12-15H2,1-3H3/t17-/m0/s1. The van der Waals surface area contributed by atoms with Gasteiger partial charge in [0.1, 0.15) is 6.61 Å². The minimum absolute atomic E-state index is 0.166. The maximum atomic E-state index is 12.1. The lowest BCUT2D eigenvalue weighted by molar-refractivity contribution is -0.147. The minimum Gasteiger partial charge on any atom is -0.463 e. The van der Waals surface area contributed by atoms with E-state index in [-0.39, 0.29) is 11.9 Å². The molecule has 0 heterocycles. The maximum absolute atomic E-state index is 12.1. The summed E-state index contributed by atoms with van der Waals surface area (Å²) >= 11 is 0. The third-order valence-electron chi connectivity index (χ3n) is 3.81. The Morgan fingerprint density at radius 1 is 1.05 bits per heavy atom. The van der Waals surface area contributed by atoms with Crippen molar-refractivity contribution in [2.24, 2.45) is 0 Å². The van der Waals surface area contributed by atoms with Crippen LogP contribution < -0.4 is 0 Å². The number of ether oxygens (including phenoxy) is 2. The molecule has 0 fully saturated rings. The van der Waals surface area contributed by atoms with Gasteiger partial charge in [0.25, 0.3) is 0 Å². The van der Waals surface area contributed by atoms with Gasteiger partial charge in [-0.25, -0.2) is 0 Å². The molecule has 1 aromatic rings. The molecule has 0 bridgehead atoms. The summed E-state index contributed by atoms with van der Waals surface area (Å²) in [5, 5.41) is 0. The highest BCUT2D eigenvalue weighted by Gasteiger charge is 2.19. The first-order valence-electron chi connectivity index (χ1n) is 8.24. The second-order valence-electron chi connectivity index (χ2n) is 5.18. The van der Waals surface area contributed by atoms with E-state index in [1.807, 2.05) is 37.3 Å². The Morgan fingerprint density at radius 3 is 2.32 bits per heavy atom. The van der Waals surface area contributed by atoms with Gasteiger partial charge in [-0.1, -0.05) is 51.1 Å². The van der Waals surface area contributed by atoms with Crippen LogP contribution in [0.15, 0.2) is 30.3 Å². The summed E-state index contributed by atoms with van der Waals surface area (Å²) in [5.74, 6) is -0.349. The number of hydrogen-bond donors (Lipinski definition) is 0. The van der Waals surface area contributed by atoms with E-state index < -0.39 is 0 Å². The third-order valence-corrected chi connectivity index (χ3v) is 3.81. The fourth-order valence-corrected chi connectivity index (χ4v) is 2.36. The van der Waals surface area contributed by atoms with Crippen LogP contribution >= 0.6 is 0 Å². The van der Waals surface area contributed by atoms with Crippen molar-refractivity contribution in [1.82, 2.24) is 4.90 Å². The SMILES string of the molecule is CC[C@H](C(=O)OCCOCCN(CC)CC)c1ccccc1. The largest absolute Gasteiger partial charge is 0.463 e. The molecular formula is C18H29NO3. The van der Waals surface area contributed by atoms with Crippen LogP contribution in [0.5, 0.6) is 0 Å². The molecule has 0 radical (unpaired) electrons. The summed E-state index contributed by atoms with van der Waals surface area (Å²) in [4.78, 5) is 14.4. The van der Waals surface area contributed by atoms with E-state index in [1.54, 1.807) is 0 Å². The van der Waals surface area contributed by atoms with Gasteiger partial charge >= 0.3 is 5.97 Å². The summed E-state index contributed by atoms with van der Waals surface area (Å²) in [6, 6.07) is 9.78. The Labute approximate surface area is 134 Å². The first-order chi connectivity index (χ1) is 10.7. The molecule has 0 aromatic heterocycles. The molecule has 22 heavy (non-hydrogen) atoms. The zero-order valence-corrected chi connectivity index (χ0v) is 14.1. The molecule has 4 nitrogen and oxygen atoms in total. The van der Waals surface area contributed by atoms with E-state index in [0.29, 0.717) is 19.8 Å². The summed E-state index contributed by atoms with van der Waals surface area (Å²) in [5.41, 5.74) is 1.01. The lowest BCUT2D eigenvalue weighted by Gasteiger charge is -2.18. The average molecular weight is 307 g/mol. The molecule has 4 heteroatoms. The number of benzene rings is 1. The molecule has 1 aromatic carbocycles. The maximum Gasteiger partial charge on any atom is 0.313 e. The molecule has 0 aliphatic carbocycles. The first kappa shape index (κ1) is 18.7. The molecule has 0 N–H and O–H groups in total. The molecule has 1 rings (SSSR count). The second kappa shape index (κ2) is 11.2. The van der Waals surface area contributed by atoms with Gasteiger partial charge in [-0.15, -0.1) is 0 Å². The van der Waals surface area contributed by atoms with Crippen LogP contribution in [-0.4, -0.2) is 50.3 Å². The molecule has 0 amide bonds. The normalized spacial score (nSPS) is 12.4. The topological polar surface area (TPSA) is 38.8 Å². The van der Waals surface area contributed by atoms with Gasteiger partial charge in [0.05, 0.1) is 19.1 Å². The van der Waals surface area contributed by atoms with Crippen LogP contribution in [0.3, 0.4) is 0 Å². The van der Waals surface area contributed by atoms with Gasteiger partial charge in [0, 0.05) is 6.54 Å². The molecular weight excluding hydrogens is 278 g/mol. The van der Waals surface area contributed by atoms with Crippen molar-refractivity contribution in [3.63, 3.8) is 0 Å². The molecule has 0 unspecified atom stereocenters. The van der Waals surface area contributed by atoms with Crippen LogP contribution in [0.1, 0.15) is 38.7 Å². The number of carbonyl (C=O) groups excluding carboxylic acids is 1. The van der Waals surface area contributed by atoms with E-state index in [9.17, 15) is 4.79 Å². The third kappa shape index (κ3) is 6.58. The lowest BCUT2D eigenvalue weighted by Crippen LogP contribution is -2.27. The Morgan fingerprint density at radius 2 is 1.73 bits per heavy atom. The monoisotopic (exact) mass is 307 g/mol. The van der Waals surface area contributed by atoms with Crippen molar-refractivity contribution in [2.75, 3.05) is 39.5 Å².